The van der Waals surface area contributed by atoms with E-state index in [1.54, 1.807) is 32.6 Å². The van der Waals surface area contributed by atoms with Crippen LogP contribution in [0.4, 0.5) is 0 Å². The molecular weight excluding hydrogens is 386 g/mol. The van der Waals surface area contributed by atoms with Crippen LogP contribution < -0.4 is 5.56 Å². The van der Waals surface area contributed by atoms with Crippen molar-refractivity contribution in [3.63, 3.8) is 0 Å². The molecule has 1 saturated heterocycles. The zero-order valence-electron chi connectivity index (χ0n) is 16.3. The molecule has 1 N–H and O–H groups in total. The molecule has 2 aromatic rings. The normalized spacial score (nSPS) is 15.8. The Morgan fingerprint density at radius 1 is 1.11 bits per heavy atom. The topological polar surface area (TPSA) is 129 Å². The third-order valence-corrected chi connectivity index (χ3v) is 6.97. The number of nitrogens with one attached hydrogen (secondary N) is 1. The van der Waals surface area contributed by atoms with Crippen LogP contribution in [0.15, 0.2) is 14.2 Å². The van der Waals surface area contributed by atoms with Gasteiger partial charge in [0.1, 0.15) is 16.4 Å². The van der Waals surface area contributed by atoms with E-state index in [0.717, 1.165) is 0 Å². The van der Waals surface area contributed by atoms with Crippen molar-refractivity contribution in [1.29, 1.82) is 0 Å². The number of H-pyrrole nitrogens is 1. The summed E-state index contributed by atoms with van der Waals surface area (Å²) < 4.78 is 32.0. The van der Waals surface area contributed by atoms with E-state index in [2.05, 4.69) is 15.1 Å². The summed E-state index contributed by atoms with van der Waals surface area (Å²) in [7, 11) is -3.73. The Kier molecular flexibility index (Phi) is 5.39. The first kappa shape index (κ1) is 20.2. The standard InChI is InChI=1S/C17H23N5O5S/c1-10-14(17(24)19-13(4)18-10)9-15(23)21-5-7-22(8-6-21)28(25,26)16-11(2)20-27-12(16)3/h5-9H2,1-4H3,(H,18,19,24). The summed E-state index contributed by atoms with van der Waals surface area (Å²) in [6.07, 6.45) is -0.0644. The number of hydrogen-bond donors (Lipinski definition) is 1. The van der Waals surface area contributed by atoms with Gasteiger partial charge in [0.25, 0.3) is 5.56 Å². The predicted molar refractivity (Wildman–Crippen MR) is 99.4 cm³/mol. The number of aromatic amines is 1. The lowest BCUT2D eigenvalue weighted by molar-refractivity contribution is -0.131. The molecule has 0 aromatic carbocycles. The van der Waals surface area contributed by atoms with Gasteiger partial charge in [-0.25, -0.2) is 13.4 Å². The van der Waals surface area contributed by atoms with Gasteiger partial charge in [-0.2, -0.15) is 4.31 Å². The lowest BCUT2D eigenvalue weighted by atomic mass is 10.1. The van der Waals surface area contributed by atoms with E-state index in [1.807, 2.05) is 0 Å². The number of nitrogens with zero attached hydrogens (tertiary/aromatic N) is 4. The fraction of sp³-hybridized carbons (Fsp3) is 0.529. The average molecular weight is 409 g/mol. The lowest BCUT2D eigenvalue weighted by Gasteiger charge is -2.34. The first-order valence-electron chi connectivity index (χ1n) is 8.88. The van der Waals surface area contributed by atoms with Gasteiger partial charge in [-0.05, 0) is 27.7 Å². The zero-order chi connectivity index (χ0) is 20.6. The van der Waals surface area contributed by atoms with Crippen molar-refractivity contribution in [3.05, 3.63) is 38.9 Å². The number of amides is 1. The summed E-state index contributed by atoms with van der Waals surface area (Å²) in [5.41, 5.74) is 0.853. The van der Waals surface area contributed by atoms with Crippen LogP contribution in [0.2, 0.25) is 0 Å². The van der Waals surface area contributed by atoms with Gasteiger partial charge >= 0.3 is 0 Å². The number of piperazine rings is 1. The molecule has 152 valence electrons. The van der Waals surface area contributed by atoms with Crippen LogP contribution in [0.5, 0.6) is 0 Å². The molecule has 2 aromatic heterocycles. The highest BCUT2D eigenvalue weighted by atomic mass is 32.2. The molecule has 1 aliphatic rings. The molecule has 28 heavy (non-hydrogen) atoms. The molecule has 0 unspecified atom stereocenters. The summed E-state index contributed by atoms with van der Waals surface area (Å²) in [5.74, 6) is 0.517. The smallest absolute Gasteiger partial charge is 0.254 e. The van der Waals surface area contributed by atoms with Crippen molar-refractivity contribution >= 4 is 15.9 Å². The van der Waals surface area contributed by atoms with Crippen molar-refractivity contribution < 1.29 is 17.7 Å². The monoisotopic (exact) mass is 409 g/mol. The van der Waals surface area contributed by atoms with E-state index in [4.69, 9.17) is 4.52 Å². The molecule has 10 nitrogen and oxygen atoms in total. The minimum atomic E-state index is -3.73. The average Bonchev–Trinajstić information content (AvgIpc) is 2.97. The zero-order valence-corrected chi connectivity index (χ0v) is 17.1. The first-order valence-corrected chi connectivity index (χ1v) is 10.3. The highest BCUT2D eigenvalue weighted by Crippen LogP contribution is 2.24. The van der Waals surface area contributed by atoms with E-state index >= 15 is 0 Å². The van der Waals surface area contributed by atoms with Crippen LogP contribution >= 0.6 is 0 Å². The Labute approximate surface area is 162 Å². The molecule has 1 amide bonds. The SMILES string of the molecule is Cc1nc(C)c(CC(=O)N2CCN(S(=O)(=O)c3c(C)noc3C)CC2)c(=O)[nH]1. The third-order valence-electron chi connectivity index (χ3n) is 4.83. The second kappa shape index (κ2) is 7.47. The molecule has 0 saturated carbocycles. The molecule has 11 heteroatoms. The third kappa shape index (κ3) is 3.72. The number of carbonyl (C=O) groups excluding carboxylic acids is 1. The molecule has 0 radical (unpaired) electrons. The molecule has 1 fully saturated rings. The largest absolute Gasteiger partial charge is 0.360 e. The van der Waals surface area contributed by atoms with Gasteiger partial charge in [-0.1, -0.05) is 5.16 Å². The fourth-order valence-corrected chi connectivity index (χ4v) is 5.09. The van der Waals surface area contributed by atoms with Gasteiger partial charge < -0.3 is 14.4 Å². The number of rotatable bonds is 4. The van der Waals surface area contributed by atoms with Crippen LogP contribution in [0.25, 0.3) is 0 Å². The molecule has 3 rings (SSSR count). The Hall–Kier alpha value is -2.53. The summed E-state index contributed by atoms with van der Waals surface area (Å²) in [4.78, 5) is 33.1. The maximum absolute atomic E-state index is 12.8. The Balaban J connectivity index is 1.69. The van der Waals surface area contributed by atoms with Gasteiger partial charge in [-0.3, -0.25) is 9.59 Å². The van der Waals surface area contributed by atoms with Crippen LogP contribution in [0, 0.1) is 27.7 Å². The second-order valence-electron chi connectivity index (χ2n) is 6.83. The summed E-state index contributed by atoms with van der Waals surface area (Å²) in [5, 5.41) is 3.71. The lowest BCUT2D eigenvalue weighted by Crippen LogP contribution is -2.51. The van der Waals surface area contributed by atoms with Gasteiger partial charge in [0.15, 0.2) is 5.76 Å². The van der Waals surface area contributed by atoms with E-state index in [-0.39, 0.29) is 54.7 Å². The van der Waals surface area contributed by atoms with Crippen LogP contribution in [0.3, 0.4) is 0 Å². The molecule has 1 aliphatic heterocycles. The van der Waals surface area contributed by atoms with Gasteiger partial charge in [0.2, 0.25) is 15.9 Å². The van der Waals surface area contributed by atoms with Crippen LogP contribution in [-0.2, 0) is 21.2 Å². The number of hydrogen-bond acceptors (Lipinski definition) is 7. The van der Waals surface area contributed by atoms with Crippen LogP contribution in [0.1, 0.15) is 28.5 Å². The van der Waals surface area contributed by atoms with E-state index in [0.29, 0.717) is 22.8 Å². The molecule has 0 aliphatic carbocycles. The Morgan fingerprint density at radius 3 is 2.29 bits per heavy atom. The maximum Gasteiger partial charge on any atom is 0.254 e. The molecule has 0 spiro atoms. The van der Waals surface area contributed by atoms with E-state index in [1.165, 1.54) is 4.31 Å². The van der Waals surface area contributed by atoms with Crippen molar-refractivity contribution in [2.45, 2.75) is 39.0 Å². The fourth-order valence-electron chi connectivity index (χ4n) is 3.37. The Morgan fingerprint density at radius 2 is 1.75 bits per heavy atom. The van der Waals surface area contributed by atoms with Crippen molar-refractivity contribution in [2.75, 3.05) is 26.2 Å². The molecule has 3 heterocycles. The van der Waals surface area contributed by atoms with E-state index < -0.39 is 10.0 Å². The maximum atomic E-state index is 12.8. The molecule has 0 bridgehead atoms. The quantitative estimate of drug-likeness (QED) is 0.756. The molecular formula is C17H23N5O5S. The van der Waals surface area contributed by atoms with Gasteiger partial charge in [0.05, 0.1) is 6.42 Å². The van der Waals surface area contributed by atoms with Crippen LogP contribution in [-0.4, -0.2) is 64.8 Å². The van der Waals surface area contributed by atoms with Crippen molar-refractivity contribution in [1.82, 2.24) is 24.3 Å². The Bertz CT molecular complexity index is 1040. The van der Waals surface area contributed by atoms with E-state index in [9.17, 15) is 18.0 Å². The first-order chi connectivity index (χ1) is 13.1. The van der Waals surface area contributed by atoms with Gasteiger partial charge in [-0.15, -0.1) is 0 Å². The van der Waals surface area contributed by atoms with Crippen molar-refractivity contribution in [2.24, 2.45) is 0 Å². The minimum absolute atomic E-state index is 0.0644. The summed E-state index contributed by atoms with van der Waals surface area (Å²) in [6, 6.07) is 0. The predicted octanol–water partition coefficient (Wildman–Crippen LogP) is 0.0672. The summed E-state index contributed by atoms with van der Waals surface area (Å²) in [6.45, 7) is 7.34. The number of aryl methyl sites for hydroxylation is 4. The van der Waals surface area contributed by atoms with Crippen molar-refractivity contribution in [3.8, 4) is 0 Å². The van der Waals surface area contributed by atoms with Gasteiger partial charge in [0, 0.05) is 37.4 Å². The number of sulfonamides is 1. The second-order valence-corrected chi connectivity index (χ2v) is 8.71. The molecule has 0 atom stereocenters. The number of aromatic nitrogens is 3. The summed E-state index contributed by atoms with van der Waals surface area (Å²) >= 11 is 0. The minimum Gasteiger partial charge on any atom is -0.360 e. The highest BCUT2D eigenvalue weighted by molar-refractivity contribution is 7.89. The highest BCUT2D eigenvalue weighted by Gasteiger charge is 2.34. The number of carbonyl (C=O) groups is 1.